The zero-order valence-corrected chi connectivity index (χ0v) is 29.6. The van der Waals surface area contributed by atoms with Crippen molar-refractivity contribution < 1.29 is 24.2 Å². The Morgan fingerprint density at radius 3 is 1.78 bits per heavy atom. The molecule has 2 atom stereocenters. The van der Waals surface area contributed by atoms with Gasteiger partial charge in [-0.2, -0.15) is 0 Å². The van der Waals surface area contributed by atoms with Crippen LogP contribution in [0.3, 0.4) is 0 Å². The van der Waals surface area contributed by atoms with Crippen molar-refractivity contribution in [2.24, 2.45) is 5.73 Å². The molecule has 2 heterocycles. The Bertz CT molecular complexity index is 1930. The van der Waals surface area contributed by atoms with Gasteiger partial charge in [-0.3, -0.25) is 9.59 Å². The number of rotatable bonds is 14. The quantitative estimate of drug-likeness (QED) is 0.0687. The van der Waals surface area contributed by atoms with Crippen molar-refractivity contribution in [2.75, 3.05) is 19.1 Å². The number of aliphatic carboxylic acids is 1. The van der Waals surface area contributed by atoms with E-state index in [1.54, 1.807) is 36.9 Å². The van der Waals surface area contributed by atoms with Gasteiger partial charge in [0.2, 0.25) is 0 Å². The van der Waals surface area contributed by atoms with Crippen molar-refractivity contribution >= 4 is 41.4 Å². The van der Waals surface area contributed by atoms with Crippen molar-refractivity contribution in [3.8, 4) is 33.4 Å². The van der Waals surface area contributed by atoms with E-state index in [9.17, 15) is 19.5 Å². The van der Waals surface area contributed by atoms with Crippen molar-refractivity contribution in [3.63, 3.8) is 0 Å². The molecule has 4 N–H and O–H groups in total. The Labute approximate surface area is 303 Å². The van der Waals surface area contributed by atoms with Crippen LogP contribution in [0.4, 0.5) is 0 Å². The lowest BCUT2D eigenvalue weighted by Gasteiger charge is -2.18. The molecular formula is C38H36N6O5S2. The summed E-state index contributed by atoms with van der Waals surface area (Å²) in [5, 5.41) is 13.9. The number of fused-ring (bicyclic) bond motifs is 3. The van der Waals surface area contributed by atoms with Gasteiger partial charge in [0, 0.05) is 47.4 Å². The van der Waals surface area contributed by atoms with Crippen molar-refractivity contribution in [3.05, 3.63) is 108 Å². The summed E-state index contributed by atoms with van der Waals surface area (Å²) in [6.45, 7) is 0.150. The number of thioether (sulfide) groups is 2. The molecule has 13 heteroatoms. The van der Waals surface area contributed by atoms with Crippen molar-refractivity contribution in [2.45, 2.75) is 47.6 Å². The fourth-order valence-corrected chi connectivity index (χ4v) is 6.74. The highest BCUT2D eigenvalue weighted by atomic mass is 32.2. The van der Waals surface area contributed by atoms with E-state index in [4.69, 9.17) is 10.5 Å². The molecule has 0 fully saturated rings. The molecule has 11 nitrogen and oxygen atoms in total. The fourth-order valence-electron chi connectivity index (χ4n) is 6.10. The number of carbonyl (C=O) groups is 3. The lowest BCUT2D eigenvalue weighted by atomic mass is 9.98. The Balaban J connectivity index is 1.10. The number of amides is 1. The molecule has 1 amide bonds. The molecule has 5 aromatic rings. The highest BCUT2D eigenvalue weighted by Gasteiger charge is 2.30. The largest absolute Gasteiger partial charge is 0.480 e. The van der Waals surface area contributed by atoms with Gasteiger partial charge in [0.05, 0.1) is 0 Å². The van der Waals surface area contributed by atoms with Crippen molar-refractivity contribution in [1.29, 1.82) is 0 Å². The second kappa shape index (κ2) is 16.3. The number of esters is 1. The summed E-state index contributed by atoms with van der Waals surface area (Å²) in [5.74, 6) is -2.42. The summed E-state index contributed by atoms with van der Waals surface area (Å²) in [4.78, 5) is 56.2. The zero-order chi connectivity index (χ0) is 35.9. The minimum atomic E-state index is -1.22. The predicted octanol–water partition coefficient (Wildman–Crippen LogP) is 6.08. The Morgan fingerprint density at radius 1 is 0.784 bits per heavy atom. The average molecular weight is 721 g/mol. The SMILES string of the molecule is CSc1ncc(-c2cc(C(=O)N[C@@H](CCCC(N)C(=O)OCC3c4ccccc4-c4ccccc43)C(=O)O)cc(-c3cnc(SC)nc3)c2)cn1. The Kier molecular flexibility index (Phi) is 11.4. The number of hydrogen-bond acceptors (Lipinski definition) is 11. The zero-order valence-electron chi connectivity index (χ0n) is 28.0. The molecule has 1 aliphatic carbocycles. The molecule has 51 heavy (non-hydrogen) atoms. The summed E-state index contributed by atoms with van der Waals surface area (Å²) < 4.78 is 5.68. The molecule has 0 spiro atoms. The third-order valence-electron chi connectivity index (χ3n) is 8.75. The monoisotopic (exact) mass is 720 g/mol. The first-order valence-electron chi connectivity index (χ1n) is 16.3. The Morgan fingerprint density at radius 2 is 1.29 bits per heavy atom. The first-order valence-corrected chi connectivity index (χ1v) is 18.7. The van der Waals surface area contributed by atoms with Gasteiger partial charge in [-0.05, 0) is 83.4 Å². The number of nitrogens with two attached hydrogens (primary N) is 1. The second-order valence-corrected chi connectivity index (χ2v) is 13.5. The standard InChI is InChI=1S/C38H36N6O5S2/c1-50-37-40-17-25(18-41-37)22-14-23(26-19-42-38(51-2)43-20-26)16-24(15-22)34(45)44-33(35(46)47)13-7-12-32(39)36(48)49-21-31-29-10-5-3-8-27(29)28-9-4-6-11-30(28)31/h3-6,8-11,14-20,31-33H,7,12-13,21,39H2,1-2H3,(H,44,45)(H,46,47)/t32?,33-/m0/s1. The summed E-state index contributed by atoms with van der Waals surface area (Å²) in [5.41, 5.74) is 13.6. The van der Waals surface area contributed by atoms with Crippen LogP contribution in [0, 0.1) is 0 Å². The van der Waals surface area contributed by atoms with Gasteiger partial charge in [-0.1, -0.05) is 72.1 Å². The lowest BCUT2D eigenvalue weighted by Crippen LogP contribution is -2.41. The highest BCUT2D eigenvalue weighted by molar-refractivity contribution is 7.98. The first kappa shape index (κ1) is 35.7. The number of nitrogens with one attached hydrogen (secondary N) is 1. The lowest BCUT2D eigenvalue weighted by molar-refractivity contribution is -0.145. The molecular weight excluding hydrogens is 685 g/mol. The fraction of sp³-hybridized carbons (Fsp3) is 0.237. The van der Waals surface area contributed by atoms with E-state index in [0.717, 1.165) is 22.3 Å². The van der Waals surface area contributed by atoms with Gasteiger partial charge in [0.1, 0.15) is 18.7 Å². The van der Waals surface area contributed by atoms with E-state index in [-0.39, 0.29) is 37.4 Å². The average Bonchev–Trinajstić information content (AvgIpc) is 3.49. The molecule has 6 rings (SSSR count). The van der Waals surface area contributed by atoms with E-state index in [2.05, 4.69) is 37.4 Å². The number of carboxylic acids is 1. The van der Waals surface area contributed by atoms with Crippen LogP contribution in [0.1, 0.15) is 46.7 Å². The van der Waals surface area contributed by atoms with E-state index in [0.29, 0.717) is 32.6 Å². The smallest absolute Gasteiger partial charge is 0.326 e. The molecule has 0 saturated heterocycles. The van der Waals surface area contributed by atoms with Crippen LogP contribution in [0.2, 0.25) is 0 Å². The van der Waals surface area contributed by atoms with Gasteiger partial charge in [0.25, 0.3) is 5.91 Å². The number of hydrogen-bond donors (Lipinski definition) is 3. The van der Waals surface area contributed by atoms with Gasteiger partial charge in [-0.15, -0.1) is 0 Å². The molecule has 1 aliphatic rings. The third kappa shape index (κ3) is 8.28. The maximum absolute atomic E-state index is 13.6. The molecule has 2 aromatic heterocycles. The van der Waals surface area contributed by atoms with E-state index in [1.165, 1.54) is 23.5 Å². The Hall–Kier alpha value is -5.11. The maximum atomic E-state index is 13.6. The van der Waals surface area contributed by atoms with E-state index in [1.807, 2.05) is 55.0 Å². The molecule has 0 aliphatic heterocycles. The molecule has 1 unspecified atom stereocenters. The minimum Gasteiger partial charge on any atom is -0.480 e. The van der Waals surface area contributed by atoms with Crippen LogP contribution in [-0.2, 0) is 14.3 Å². The molecule has 0 saturated carbocycles. The van der Waals surface area contributed by atoms with Crippen LogP contribution in [0.25, 0.3) is 33.4 Å². The van der Waals surface area contributed by atoms with Gasteiger partial charge < -0.3 is 20.9 Å². The number of ether oxygens (including phenoxy) is 1. The van der Waals surface area contributed by atoms with Crippen LogP contribution in [0.5, 0.6) is 0 Å². The number of benzene rings is 3. The molecule has 0 radical (unpaired) electrons. The summed E-state index contributed by atoms with van der Waals surface area (Å²) in [7, 11) is 0. The minimum absolute atomic E-state index is 0.0615. The highest BCUT2D eigenvalue weighted by Crippen LogP contribution is 2.44. The third-order valence-corrected chi connectivity index (χ3v) is 9.90. The summed E-state index contributed by atoms with van der Waals surface area (Å²) >= 11 is 2.82. The maximum Gasteiger partial charge on any atom is 0.326 e. The molecule has 0 bridgehead atoms. The predicted molar refractivity (Wildman–Crippen MR) is 197 cm³/mol. The number of nitrogens with zero attached hydrogens (tertiary/aromatic N) is 4. The van der Waals surface area contributed by atoms with E-state index < -0.39 is 29.9 Å². The first-order chi connectivity index (χ1) is 24.7. The topological polar surface area (TPSA) is 170 Å². The van der Waals surface area contributed by atoms with Crippen LogP contribution in [0.15, 0.2) is 102 Å². The summed E-state index contributed by atoms with van der Waals surface area (Å²) in [6.07, 6.45) is 11.0. The van der Waals surface area contributed by atoms with Crippen molar-refractivity contribution in [1.82, 2.24) is 25.3 Å². The van der Waals surface area contributed by atoms with Crippen LogP contribution >= 0.6 is 23.5 Å². The van der Waals surface area contributed by atoms with Crippen LogP contribution in [-0.4, -0.2) is 74.1 Å². The normalized spacial score (nSPS) is 13.2. The van der Waals surface area contributed by atoms with Gasteiger partial charge in [0.15, 0.2) is 10.3 Å². The molecule has 3 aromatic carbocycles. The van der Waals surface area contributed by atoms with Gasteiger partial charge in [-0.25, -0.2) is 24.7 Å². The second-order valence-electron chi connectivity index (χ2n) is 12.0. The summed E-state index contributed by atoms with van der Waals surface area (Å²) in [6, 6.07) is 19.2. The number of carboxylic acid groups (broad SMARTS) is 1. The number of carbonyl (C=O) groups excluding carboxylic acids is 2. The van der Waals surface area contributed by atoms with E-state index >= 15 is 0 Å². The van der Waals surface area contributed by atoms with Crippen LogP contribution < -0.4 is 11.1 Å². The molecule has 260 valence electrons. The number of aromatic nitrogens is 4. The van der Waals surface area contributed by atoms with Gasteiger partial charge >= 0.3 is 11.9 Å².